The van der Waals surface area contributed by atoms with Gasteiger partial charge in [-0.05, 0) is 38.5 Å². The fourth-order valence-electron chi connectivity index (χ4n) is 2.35. The molecule has 17 heavy (non-hydrogen) atoms. The fourth-order valence-corrected chi connectivity index (χ4v) is 2.35. The highest BCUT2D eigenvalue weighted by Gasteiger charge is 2.16. The van der Waals surface area contributed by atoms with Crippen LogP contribution < -0.4 is 10.6 Å². The van der Waals surface area contributed by atoms with E-state index in [4.69, 9.17) is 4.74 Å². The number of amides is 2. The molecular weight excluding hydrogens is 216 g/mol. The van der Waals surface area contributed by atoms with Crippen LogP contribution in [0.4, 0.5) is 4.79 Å². The van der Waals surface area contributed by atoms with Gasteiger partial charge in [0.1, 0.15) is 0 Å². The van der Waals surface area contributed by atoms with E-state index in [2.05, 4.69) is 16.7 Å². The number of carbonyl (C=O) groups is 1. The second-order valence-corrected chi connectivity index (χ2v) is 4.85. The minimum Gasteiger partial charge on any atom is -0.379 e. The molecule has 1 aliphatic heterocycles. The molecule has 2 aliphatic rings. The molecule has 0 spiro atoms. The van der Waals surface area contributed by atoms with Gasteiger partial charge in [0, 0.05) is 13.2 Å². The van der Waals surface area contributed by atoms with Crippen LogP contribution in [0.1, 0.15) is 38.5 Å². The molecule has 0 aromatic carbocycles. The Kier molecular flexibility index (Phi) is 4.86. The van der Waals surface area contributed by atoms with Crippen LogP contribution in [0, 0.1) is 0 Å². The van der Waals surface area contributed by atoms with Crippen molar-refractivity contribution in [2.24, 2.45) is 0 Å². The van der Waals surface area contributed by atoms with Gasteiger partial charge in [-0.3, -0.25) is 0 Å². The Bertz CT molecular complexity index is 283. The van der Waals surface area contributed by atoms with Crippen molar-refractivity contribution in [2.75, 3.05) is 19.8 Å². The summed E-state index contributed by atoms with van der Waals surface area (Å²) in [6, 6.07) is 0.121. The smallest absolute Gasteiger partial charge is 0.315 e. The number of hydrogen-bond donors (Lipinski definition) is 2. The molecule has 1 fully saturated rings. The van der Waals surface area contributed by atoms with Gasteiger partial charge in [-0.25, -0.2) is 4.79 Å². The van der Waals surface area contributed by atoms with E-state index < -0.39 is 0 Å². The molecule has 96 valence electrons. The molecule has 2 rings (SSSR count). The highest BCUT2D eigenvalue weighted by molar-refractivity contribution is 5.74. The maximum absolute atomic E-state index is 11.6. The van der Waals surface area contributed by atoms with Crippen molar-refractivity contribution in [3.05, 3.63) is 11.6 Å². The predicted molar refractivity (Wildman–Crippen MR) is 66.9 cm³/mol. The largest absolute Gasteiger partial charge is 0.379 e. The van der Waals surface area contributed by atoms with Crippen LogP contribution in [-0.4, -0.2) is 31.8 Å². The van der Waals surface area contributed by atoms with E-state index in [1.807, 2.05) is 0 Å². The lowest BCUT2D eigenvalue weighted by Gasteiger charge is -2.23. The van der Waals surface area contributed by atoms with Crippen molar-refractivity contribution in [1.29, 1.82) is 0 Å². The van der Waals surface area contributed by atoms with E-state index in [1.54, 1.807) is 0 Å². The SMILES string of the molecule is O=C(NCC1=CCCCC1)N[C@H]1CCCOC1. The first kappa shape index (κ1) is 12.4. The first-order valence-corrected chi connectivity index (χ1v) is 6.64. The summed E-state index contributed by atoms with van der Waals surface area (Å²) in [5, 5.41) is 5.88. The topological polar surface area (TPSA) is 50.4 Å². The van der Waals surface area contributed by atoms with Gasteiger partial charge >= 0.3 is 6.03 Å². The minimum atomic E-state index is -0.0630. The van der Waals surface area contributed by atoms with Crippen LogP contribution in [0.15, 0.2) is 11.6 Å². The van der Waals surface area contributed by atoms with Crippen LogP contribution in [0.2, 0.25) is 0 Å². The molecule has 2 N–H and O–H groups in total. The Balaban J connectivity index is 1.64. The quantitative estimate of drug-likeness (QED) is 0.738. The molecule has 0 unspecified atom stereocenters. The molecule has 1 aliphatic carbocycles. The number of allylic oxidation sites excluding steroid dienone is 1. The van der Waals surface area contributed by atoms with Crippen molar-refractivity contribution in [1.82, 2.24) is 10.6 Å². The fraction of sp³-hybridized carbons (Fsp3) is 0.769. The van der Waals surface area contributed by atoms with Gasteiger partial charge in [0.25, 0.3) is 0 Å². The van der Waals surface area contributed by atoms with Gasteiger partial charge < -0.3 is 15.4 Å². The third-order valence-corrected chi connectivity index (χ3v) is 3.36. The molecule has 4 nitrogen and oxygen atoms in total. The van der Waals surface area contributed by atoms with Gasteiger partial charge in [-0.15, -0.1) is 0 Å². The van der Waals surface area contributed by atoms with Crippen LogP contribution in [0.5, 0.6) is 0 Å². The van der Waals surface area contributed by atoms with Crippen LogP contribution in [-0.2, 0) is 4.74 Å². The summed E-state index contributed by atoms with van der Waals surface area (Å²) in [6.45, 7) is 2.17. The monoisotopic (exact) mass is 238 g/mol. The predicted octanol–water partition coefficient (Wildman–Crippen LogP) is 1.96. The second-order valence-electron chi connectivity index (χ2n) is 4.85. The summed E-state index contributed by atoms with van der Waals surface area (Å²) in [5.41, 5.74) is 1.37. The molecule has 1 heterocycles. The third-order valence-electron chi connectivity index (χ3n) is 3.36. The molecule has 0 bridgehead atoms. The molecule has 4 heteroatoms. The van der Waals surface area contributed by atoms with E-state index in [1.165, 1.54) is 18.4 Å². The summed E-state index contributed by atoms with van der Waals surface area (Å²) in [6.07, 6.45) is 9.16. The summed E-state index contributed by atoms with van der Waals surface area (Å²) in [5.74, 6) is 0. The van der Waals surface area contributed by atoms with Crippen molar-refractivity contribution in [3.63, 3.8) is 0 Å². The van der Waals surface area contributed by atoms with Gasteiger partial charge in [0.2, 0.25) is 0 Å². The lowest BCUT2D eigenvalue weighted by atomic mass is 10.00. The summed E-state index contributed by atoms with van der Waals surface area (Å²) in [7, 11) is 0. The molecular formula is C13H22N2O2. The average Bonchev–Trinajstić information content (AvgIpc) is 2.39. The summed E-state index contributed by atoms with van der Waals surface area (Å²) < 4.78 is 5.32. The van der Waals surface area contributed by atoms with E-state index >= 15 is 0 Å². The van der Waals surface area contributed by atoms with E-state index in [-0.39, 0.29) is 12.1 Å². The highest BCUT2D eigenvalue weighted by Crippen LogP contribution is 2.16. The highest BCUT2D eigenvalue weighted by atomic mass is 16.5. The number of ether oxygens (including phenoxy) is 1. The number of carbonyl (C=O) groups excluding carboxylic acids is 1. The Hall–Kier alpha value is -1.03. The normalized spacial score (nSPS) is 24.9. The molecule has 0 aromatic rings. The van der Waals surface area contributed by atoms with Crippen LogP contribution in [0.25, 0.3) is 0 Å². The Morgan fingerprint density at radius 2 is 2.35 bits per heavy atom. The van der Waals surface area contributed by atoms with Gasteiger partial charge in [0.05, 0.1) is 12.6 Å². The molecule has 2 amide bonds. The zero-order chi connectivity index (χ0) is 11.9. The summed E-state index contributed by atoms with van der Waals surface area (Å²) in [4.78, 5) is 11.6. The van der Waals surface area contributed by atoms with Crippen LogP contribution in [0.3, 0.4) is 0 Å². The minimum absolute atomic E-state index is 0.0630. The average molecular weight is 238 g/mol. The third kappa shape index (κ3) is 4.38. The molecule has 0 saturated carbocycles. The van der Waals surface area contributed by atoms with Gasteiger partial charge in [-0.1, -0.05) is 11.6 Å². The van der Waals surface area contributed by atoms with E-state index in [9.17, 15) is 4.79 Å². The lowest BCUT2D eigenvalue weighted by Crippen LogP contribution is -2.46. The van der Waals surface area contributed by atoms with Crippen molar-refractivity contribution in [3.8, 4) is 0 Å². The summed E-state index contributed by atoms with van der Waals surface area (Å²) >= 11 is 0. The molecule has 0 radical (unpaired) electrons. The first-order valence-electron chi connectivity index (χ1n) is 6.64. The maximum Gasteiger partial charge on any atom is 0.315 e. The number of rotatable bonds is 3. The van der Waals surface area contributed by atoms with Crippen molar-refractivity contribution >= 4 is 6.03 Å². The number of nitrogens with one attached hydrogen (secondary N) is 2. The Morgan fingerprint density at radius 1 is 1.41 bits per heavy atom. The zero-order valence-corrected chi connectivity index (χ0v) is 10.3. The lowest BCUT2D eigenvalue weighted by molar-refractivity contribution is 0.0732. The van der Waals surface area contributed by atoms with Gasteiger partial charge in [-0.2, -0.15) is 0 Å². The second kappa shape index (κ2) is 6.64. The zero-order valence-electron chi connectivity index (χ0n) is 10.3. The Labute approximate surface area is 103 Å². The standard InChI is InChI=1S/C13H22N2O2/c16-13(15-12-7-4-8-17-10-12)14-9-11-5-2-1-3-6-11/h5,12H,1-4,6-10H2,(H2,14,15,16)/t12-/m0/s1. The van der Waals surface area contributed by atoms with Crippen molar-refractivity contribution in [2.45, 2.75) is 44.6 Å². The van der Waals surface area contributed by atoms with Crippen molar-refractivity contribution < 1.29 is 9.53 Å². The maximum atomic E-state index is 11.6. The number of hydrogen-bond acceptors (Lipinski definition) is 2. The van der Waals surface area contributed by atoms with E-state index in [0.29, 0.717) is 13.2 Å². The van der Waals surface area contributed by atoms with Crippen LogP contribution >= 0.6 is 0 Å². The molecule has 1 atom stereocenters. The number of urea groups is 1. The van der Waals surface area contributed by atoms with E-state index in [0.717, 1.165) is 32.3 Å². The molecule has 1 saturated heterocycles. The first-order chi connectivity index (χ1) is 8.34. The van der Waals surface area contributed by atoms with Gasteiger partial charge in [0.15, 0.2) is 0 Å². The molecule has 0 aromatic heterocycles. The Morgan fingerprint density at radius 3 is 3.06 bits per heavy atom.